The summed E-state index contributed by atoms with van der Waals surface area (Å²) in [6.45, 7) is 3.92. The molecular formula is C15H14O4. The summed E-state index contributed by atoms with van der Waals surface area (Å²) in [5.74, 6) is -0.480. The number of benzene rings is 1. The van der Waals surface area contributed by atoms with Gasteiger partial charge < -0.3 is 9.15 Å². The van der Waals surface area contributed by atoms with E-state index in [1.165, 1.54) is 18.4 Å². The fourth-order valence-electron chi connectivity index (χ4n) is 1.72. The maximum absolute atomic E-state index is 12.2. The van der Waals surface area contributed by atoms with E-state index < -0.39 is 5.97 Å². The highest BCUT2D eigenvalue weighted by Crippen LogP contribution is 2.13. The lowest BCUT2D eigenvalue weighted by Gasteiger charge is -2.00. The summed E-state index contributed by atoms with van der Waals surface area (Å²) in [6, 6.07) is 5.40. The van der Waals surface area contributed by atoms with Crippen LogP contribution in [0.1, 0.15) is 18.1 Å². The van der Waals surface area contributed by atoms with Gasteiger partial charge in [0.1, 0.15) is 11.8 Å². The summed E-state index contributed by atoms with van der Waals surface area (Å²) >= 11 is 0. The predicted octanol–water partition coefficient (Wildman–Crippen LogP) is 2.68. The maximum Gasteiger partial charge on any atom is 0.330 e. The second kappa shape index (κ2) is 5.52. The van der Waals surface area contributed by atoms with Crippen molar-refractivity contribution in [1.82, 2.24) is 0 Å². The second-order valence-corrected chi connectivity index (χ2v) is 4.11. The highest BCUT2D eigenvalue weighted by molar-refractivity contribution is 5.88. The molecule has 1 aromatic carbocycles. The van der Waals surface area contributed by atoms with E-state index in [2.05, 4.69) is 0 Å². The monoisotopic (exact) mass is 258 g/mol. The van der Waals surface area contributed by atoms with E-state index in [1.807, 2.05) is 13.0 Å². The third-order valence-electron chi connectivity index (χ3n) is 2.64. The molecule has 19 heavy (non-hydrogen) atoms. The molecule has 0 fully saturated rings. The molecule has 0 aliphatic rings. The van der Waals surface area contributed by atoms with Gasteiger partial charge >= 0.3 is 5.97 Å². The Balaban J connectivity index is 2.43. The van der Waals surface area contributed by atoms with Crippen LogP contribution in [0.25, 0.3) is 17.0 Å². The molecule has 98 valence electrons. The summed E-state index contributed by atoms with van der Waals surface area (Å²) in [4.78, 5) is 23.4. The van der Waals surface area contributed by atoms with Crippen molar-refractivity contribution < 1.29 is 13.9 Å². The number of aryl methyl sites for hydroxylation is 1. The summed E-state index contributed by atoms with van der Waals surface area (Å²) in [7, 11) is 0. The lowest BCUT2D eigenvalue weighted by molar-refractivity contribution is -0.137. The number of hydrogen-bond donors (Lipinski definition) is 0. The highest BCUT2D eigenvalue weighted by Gasteiger charge is 2.05. The first-order chi connectivity index (χ1) is 9.11. The van der Waals surface area contributed by atoms with E-state index in [0.29, 0.717) is 23.1 Å². The molecule has 0 bridgehead atoms. The van der Waals surface area contributed by atoms with E-state index in [-0.39, 0.29) is 5.43 Å². The molecule has 1 aromatic heterocycles. The molecule has 0 amide bonds. The van der Waals surface area contributed by atoms with Crippen LogP contribution in [0, 0.1) is 6.92 Å². The van der Waals surface area contributed by atoms with E-state index in [1.54, 1.807) is 19.1 Å². The van der Waals surface area contributed by atoms with Gasteiger partial charge in [-0.05, 0) is 32.1 Å². The van der Waals surface area contributed by atoms with Gasteiger partial charge in [-0.2, -0.15) is 0 Å². The van der Waals surface area contributed by atoms with Crippen molar-refractivity contribution in [3.05, 3.63) is 51.9 Å². The molecule has 2 rings (SSSR count). The zero-order valence-electron chi connectivity index (χ0n) is 10.8. The number of esters is 1. The number of hydrogen-bond acceptors (Lipinski definition) is 4. The van der Waals surface area contributed by atoms with Gasteiger partial charge in [-0.1, -0.05) is 11.6 Å². The minimum absolute atomic E-state index is 0.162. The largest absolute Gasteiger partial charge is 0.463 e. The topological polar surface area (TPSA) is 56.5 Å². The number of rotatable bonds is 3. The summed E-state index contributed by atoms with van der Waals surface area (Å²) in [5, 5.41) is 0.506. The normalized spacial score (nSPS) is 11.1. The second-order valence-electron chi connectivity index (χ2n) is 4.11. The molecular weight excluding hydrogens is 244 g/mol. The van der Waals surface area contributed by atoms with E-state index >= 15 is 0 Å². The Kier molecular flexibility index (Phi) is 3.80. The highest BCUT2D eigenvalue weighted by atomic mass is 16.5. The van der Waals surface area contributed by atoms with Gasteiger partial charge in [0, 0.05) is 6.08 Å². The van der Waals surface area contributed by atoms with Crippen molar-refractivity contribution in [1.29, 1.82) is 0 Å². The van der Waals surface area contributed by atoms with E-state index in [0.717, 1.165) is 5.56 Å². The number of ether oxygens (including phenoxy) is 1. The molecule has 4 heteroatoms. The van der Waals surface area contributed by atoms with E-state index in [9.17, 15) is 9.59 Å². The van der Waals surface area contributed by atoms with Gasteiger partial charge in [-0.15, -0.1) is 0 Å². The average Bonchev–Trinajstić information content (AvgIpc) is 2.39. The van der Waals surface area contributed by atoms with Crippen molar-refractivity contribution >= 4 is 23.0 Å². The van der Waals surface area contributed by atoms with Crippen LogP contribution < -0.4 is 5.43 Å². The third-order valence-corrected chi connectivity index (χ3v) is 2.64. The summed E-state index contributed by atoms with van der Waals surface area (Å²) in [5.41, 5.74) is 1.67. The first-order valence-corrected chi connectivity index (χ1v) is 5.99. The minimum atomic E-state index is -0.480. The van der Waals surface area contributed by atoms with Crippen LogP contribution in [0.15, 0.2) is 39.7 Å². The number of carbonyl (C=O) groups is 1. The molecule has 0 spiro atoms. The first kappa shape index (κ1) is 13.1. The third kappa shape index (κ3) is 2.91. The van der Waals surface area contributed by atoms with Crippen LogP contribution in [-0.2, 0) is 9.53 Å². The molecule has 2 aromatic rings. The van der Waals surface area contributed by atoms with Crippen molar-refractivity contribution in [3.8, 4) is 0 Å². The van der Waals surface area contributed by atoms with Gasteiger partial charge in [-0.25, -0.2) is 4.79 Å². The summed E-state index contributed by atoms with van der Waals surface area (Å²) in [6.07, 6.45) is 3.97. The van der Waals surface area contributed by atoms with Crippen LogP contribution >= 0.6 is 0 Å². The molecule has 4 nitrogen and oxygen atoms in total. The molecule has 0 aliphatic carbocycles. The van der Waals surface area contributed by atoms with Gasteiger partial charge in [0.25, 0.3) is 0 Å². The Labute approximate surface area is 110 Å². The van der Waals surface area contributed by atoms with Crippen molar-refractivity contribution in [2.24, 2.45) is 0 Å². The van der Waals surface area contributed by atoms with Gasteiger partial charge in [0.2, 0.25) is 0 Å². The van der Waals surface area contributed by atoms with Crippen LogP contribution in [0.2, 0.25) is 0 Å². The predicted molar refractivity (Wildman–Crippen MR) is 72.9 cm³/mol. The van der Waals surface area contributed by atoms with Crippen LogP contribution in [0.4, 0.5) is 0 Å². The average molecular weight is 258 g/mol. The first-order valence-electron chi connectivity index (χ1n) is 5.99. The van der Waals surface area contributed by atoms with Gasteiger partial charge in [-0.3, -0.25) is 4.79 Å². The molecule has 0 N–H and O–H groups in total. The maximum atomic E-state index is 12.2. The van der Waals surface area contributed by atoms with Crippen molar-refractivity contribution in [3.63, 3.8) is 0 Å². The van der Waals surface area contributed by atoms with Crippen LogP contribution in [0.3, 0.4) is 0 Å². The molecule has 0 saturated heterocycles. The van der Waals surface area contributed by atoms with Gasteiger partial charge in [0.15, 0.2) is 5.43 Å². The zero-order chi connectivity index (χ0) is 13.8. The zero-order valence-corrected chi connectivity index (χ0v) is 10.8. The number of carbonyl (C=O) groups excluding carboxylic acids is 1. The summed E-state index contributed by atoms with van der Waals surface area (Å²) < 4.78 is 10.1. The van der Waals surface area contributed by atoms with Gasteiger partial charge in [0.05, 0.1) is 17.6 Å². The Morgan fingerprint density at radius 1 is 1.42 bits per heavy atom. The SMILES string of the molecule is CCOC(=O)C=Cc1coc2ccc(C)cc2c1=O. The Bertz CT molecular complexity index is 695. The number of fused-ring (bicyclic) bond motifs is 1. The smallest absolute Gasteiger partial charge is 0.330 e. The molecule has 0 atom stereocenters. The quantitative estimate of drug-likeness (QED) is 0.627. The van der Waals surface area contributed by atoms with E-state index in [4.69, 9.17) is 9.15 Å². The Morgan fingerprint density at radius 3 is 2.95 bits per heavy atom. The molecule has 0 saturated carbocycles. The molecule has 0 radical (unpaired) electrons. The van der Waals surface area contributed by atoms with Crippen molar-refractivity contribution in [2.45, 2.75) is 13.8 Å². The van der Waals surface area contributed by atoms with Crippen molar-refractivity contribution in [2.75, 3.05) is 6.61 Å². The molecule has 1 heterocycles. The Hall–Kier alpha value is -2.36. The standard InChI is InChI=1S/C15H14O4/c1-3-18-14(16)7-5-11-9-19-13-6-4-10(2)8-12(13)15(11)17/h4-9H,3H2,1-2H3. The lowest BCUT2D eigenvalue weighted by Crippen LogP contribution is -2.06. The fourth-order valence-corrected chi connectivity index (χ4v) is 1.72. The molecule has 0 aliphatic heterocycles. The minimum Gasteiger partial charge on any atom is -0.463 e. The Morgan fingerprint density at radius 2 is 2.21 bits per heavy atom. The fraction of sp³-hybridized carbons (Fsp3) is 0.200. The van der Waals surface area contributed by atoms with Crippen LogP contribution in [-0.4, -0.2) is 12.6 Å². The lowest BCUT2D eigenvalue weighted by atomic mass is 10.1. The van der Waals surface area contributed by atoms with Crippen LogP contribution in [0.5, 0.6) is 0 Å². The molecule has 0 unspecified atom stereocenters.